The molecule has 2 aliphatic heterocycles. The van der Waals surface area contributed by atoms with E-state index in [0.29, 0.717) is 6.42 Å². The number of rotatable bonds is 18. The number of carbonyl (C=O) groups excluding carboxylic acids is 7. The van der Waals surface area contributed by atoms with E-state index >= 15 is 0 Å². The Morgan fingerprint density at radius 3 is 1.81 bits per heavy atom. The van der Waals surface area contributed by atoms with Crippen molar-refractivity contribution >= 4 is 41.4 Å². The van der Waals surface area contributed by atoms with Crippen molar-refractivity contribution in [2.75, 3.05) is 33.7 Å². The topological polar surface area (TPSA) is 263 Å². The molecule has 2 heterocycles. The Balaban J connectivity index is 1.15. The zero-order valence-electron chi connectivity index (χ0n) is 43.6. The predicted octanol–water partition coefficient (Wildman–Crippen LogP) is 0.977. The van der Waals surface area contributed by atoms with Gasteiger partial charge in [-0.2, -0.15) is 0 Å². The number of amides is 7. The highest BCUT2D eigenvalue weighted by Crippen LogP contribution is 2.34. The summed E-state index contributed by atoms with van der Waals surface area (Å²) in [5.74, 6) is -3.68. The first-order valence-corrected chi connectivity index (χ1v) is 25.7. The van der Waals surface area contributed by atoms with Crippen LogP contribution in [0.4, 0.5) is 0 Å². The van der Waals surface area contributed by atoms with Crippen molar-refractivity contribution in [3.63, 3.8) is 0 Å². The molecule has 7 amide bonds. The van der Waals surface area contributed by atoms with Crippen molar-refractivity contribution in [2.24, 2.45) is 10.8 Å². The largest absolute Gasteiger partial charge is 0.383 e. The van der Waals surface area contributed by atoms with Gasteiger partial charge in [-0.1, -0.05) is 90.1 Å². The summed E-state index contributed by atoms with van der Waals surface area (Å²) in [5.41, 5.74) is 2.90. The summed E-state index contributed by atoms with van der Waals surface area (Å²) in [6, 6.07) is 9.53. The monoisotopic (exact) mass is 1000 g/mol. The smallest absolute Gasteiger partial charge is 0.249 e. The fourth-order valence-electron chi connectivity index (χ4n) is 10.6. The quantitative estimate of drug-likeness (QED) is 0.0938. The molecule has 396 valence electrons. The second-order valence-corrected chi connectivity index (χ2v) is 22.3. The second kappa shape index (κ2) is 24.0. The predicted molar refractivity (Wildman–Crippen MR) is 271 cm³/mol. The lowest BCUT2D eigenvalue weighted by Gasteiger charge is -2.38. The molecule has 0 radical (unpaired) electrons. The van der Waals surface area contributed by atoms with Gasteiger partial charge in [0.1, 0.15) is 30.5 Å². The molecule has 0 spiro atoms. The van der Waals surface area contributed by atoms with Crippen LogP contribution in [0.2, 0.25) is 0 Å². The van der Waals surface area contributed by atoms with E-state index in [0.717, 1.165) is 48.8 Å². The highest BCUT2D eigenvalue weighted by molar-refractivity contribution is 5.94. The van der Waals surface area contributed by atoms with E-state index in [4.69, 9.17) is 0 Å². The Labute approximate surface area is 424 Å². The third-order valence-corrected chi connectivity index (χ3v) is 14.7. The van der Waals surface area contributed by atoms with Gasteiger partial charge in [0.2, 0.25) is 41.4 Å². The van der Waals surface area contributed by atoms with E-state index in [1.54, 1.807) is 21.0 Å². The van der Waals surface area contributed by atoms with Gasteiger partial charge in [-0.3, -0.25) is 38.9 Å². The normalized spacial score (nSPS) is 24.1. The number of nitrogens with one attached hydrogen (secondary N) is 8. The van der Waals surface area contributed by atoms with Gasteiger partial charge in [-0.05, 0) is 105 Å². The van der Waals surface area contributed by atoms with Gasteiger partial charge in [-0.15, -0.1) is 0 Å². The Morgan fingerprint density at radius 2 is 1.21 bits per heavy atom. The minimum atomic E-state index is -1.83. The number of carbonyl (C=O) groups is 7. The molecule has 19 nitrogen and oxygen atoms in total. The minimum Gasteiger partial charge on any atom is -0.383 e. The molecule has 11 unspecified atom stereocenters. The van der Waals surface area contributed by atoms with Crippen LogP contribution in [-0.2, 0) is 46.4 Å². The molecule has 2 aliphatic carbocycles. The highest BCUT2D eigenvalue weighted by Gasteiger charge is 2.48. The van der Waals surface area contributed by atoms with E-state index < -0.39 is 107 Å². The van der Waals surface area contributed by atoms with Crippen LogP contribution in [0.25, 0.3) is 0 Å². The summed E-state index contributed by atoms with van der Waals surface area (Å²) in [4.78, 5) is 99.8. The number of fused-ring (bicyclic) bond motifs is 2. The van der Waals surface area contributed by atoms with E-state index in [9.17, 15) is 43.8 Å². The summed E-state index contributed by atoms with van der Waals surface area (Å²) < 4.78 is 0. The van der Waals surface area contributed by atoms with Gasteiger partial charge >= 0.3 is 0 Å². The van der Waals surface area contributed by atoms with Gasteiger partial charge in [0.15, 0.2) is 0 Å². The molecule has 4 aliphatic rings. The zero-order valence-corrected chi connectivity index (χ0v) is 43.6. The molecule has 2 aromatic carbocycles. The van der Waals surface area contributed by atoms with E-state index in [-0.39, 0.29) is 50.5 Å². The maximum Gasteiger partial charge on any atom is 0.249 e. The van der Waals surface area contributed by atoms with E-state index in [2.05, 4.69) is 48.6 Å². The van der Waals surface area contributed by atoms with Crippen molar-refractivity contribution in [1.29, 1.82) is 0 Å². The van der Waals surface area contributed by atoms with Gasteiger partial charge < -0.3 is 57.2 Å². The van der Waals surface area contributed by atoms with Crippen molar-refractivity contribution in [1.82, 2.24) is 52.3 Å². The number of aliphatic hydroxyl groups excluding tert-OH is 2. The summed E-state index contributed by atoms with van der Waals surface area (Å²) >= 11 is 0. The molecule has 19 heteroatoms. The molecule has 10 N–H and O–H groups in total. The van der Waals surface area contributed by atoms with Crippen LogP contribution < -0.4 is 42.5 Å². The molecule has 2 saturated heterocycles. The van der Waals surface area contributed by atoms with Crippen LogP contribution in [-0.4, -0.2) is 150 Å². The number of likely N-dealkylation sites (tertiary alicyclic amines) is 2. The van der Waals surface area contributed by atoms with Crippen molar-refractivity contribution in [3.05, 3.63) is 70.8 Å². The third-order valence-electron chi connectivity index (χ3n) is 14.7. The average molecular weight is 1000 g/mol. The van der Waals surface area contributed by atoms with Crippen molar-refractivity contribution in [3.8, 4) is 0 Å². The molecule has 2 fully saturated rings. The fourth-order valence-corrected chi connectivity index (χ4v) is 10.6. The number of nitrogens with zero attached hydrogens (tertiary/aromatic N) is 2. The van der Waals surface area contributed by atoms with Crippen LogP contribution in [0.5, 0.6) is 0 Å². The molecular formula is C53H80N10O9. The molecule has 0 saturated carbocycles. The first kappa shape index (κ1) is 55.8. The van der Waals surface area contributed by atoms with Crippen LogP contribution in [0.1, 0.15) is 128 Å². The maximum atomic E-state index is 14.6. The number of hydrogen-bond donors (Lipinski definition) is 10. The standard InChI is InChI=1S/C53H80N10O9/c1-30(55-9)46(67)61-45(53(5,6)7)51(72)62-28-33(24-39(62)47(68)58-37-22-14-18-31-16-10-12-20-35(31)37)56-42(65)26-41(64)49(70)57-34-25-40(48(69)59-38-23-15-19-32-17-11-13-21-36(32)38)63(29-34)50(71)44(52(2,3)4)60-43(66)27-54-8/h10-13,16-17,20-21,30,33-34,37-41,44-45,47,54-55,58,64,68H,14-15,18-19,22-29H2,1-9H3,(H,56,65)(H,57,70)(H,59,69)(H,60,66)(H,61,67). The summed E-state index contributed by atoms with van der Waals surface area (Å²) in [5, 5.41) is 46.8. The fraction of sp³-hybridized carbons (Fsp3) is 0.642. The lowest BCUT2D eigenvalue weighted by molar-refractivity contribution is -0.144. The highest BCUT2D eigenvalue weighted by atomic mass is 16.3. The van der Waals surface area contributed by atoms with Gasteiger partial charge in [-0.25, -0.2) is 0 Å². The van der Waals surface area contributed by atoms with Gasteiger partial charge in [0, 0.05) is 31.2 Å². The van der Waals surface area contributed by atoms with Crippen LogP contribution >= 0.6 is 0 Å². The zero-order chi connectivity index (χ0) is 52.7. The molecule has 11 atom stereocenters. The molecule has 72 heavy (non-hydrogen) atoms. The number of likely N-dealkylation sites (N-methyl/N-ethyl adjacent to an activating group) is 2. The Bertz CT molecular complexity index is 2280. The molecule has 0 aromatic heterocycles. The molecule has 0 bridgehead atoms. The maximum absolute atomic E-state index is 14.6. The van der Waals surface area contributed by atoms with Crippen LogP contribution in [0, 0.1) is 10.8 Å². The Morgan fingerprint density at radius 1 is 0.667 bits per heavy atom. The molecule has 2 aromatic rings. The van der Waals surface area contributed by atoms with Crippen molar-refractivity contribution in [2.45, 2.75) is 173 Å². The lowest BCUT2D eigenvalue weighted by atomic mass is 9.85. The van der Waals surface area contributed by atoms with Gasteiger partial charge in [0.25, 0.3) is 0 Å². The molecular weight excluding hydrogens is 921 g/mol. The number of aliphatic hydroxyl groups is 2. The third kappa shape index (κ3) is 13.8. The second-order valence-electron chi connectivity index (χ2n) is 22.3. The first-order valence-electron chi connectivity index (χ1n) is 25.7. The Hall–Kier alpha value is -5.47. The number of aryl methyl sites for hydroxylation is 2. The molecule has 6 rings (SSSR count). The van der Waals surface area contributed by atoms with E-state index in [1.807, 2.05) is 84.0 Å². The van der Waals surface area contributed by atoms with Crippen LogP contribution in [0.15, 0.2) is 48.5 Å². The Kier molecular flexibility index (Phi) is 18.6. The summed E-state index contributed by atoms with van der Waals surface area (Å²) in [6.07, 6.45) is 1.49. The summed E-state index contributed by atoms with van der Waals surface area (Å²) in [6.45, 7) is 12.5. The minimum absolute atomic E-state index is 0.0118. The van der Waals surface area contributed by atoms with Gasteiger partial charge in [0.05, 0.1) is 31.1 Å². The van der Waals surface area contributed by atoms with Crippen molar-refractivity contribution < 1.29 is 43.8 Å². The number of hydrogen-bond acceptors (Lipinski definition) is 12. The van der Waals surface area contributed by atoms with Crippen LogP contribution in [0.3, 0.4) is 0 Å². The average Bonchev–Trinajstić information content (AvgIpc) is 3.96. The number of benzene rings is 2. The SMILES string of the molecule is CNCC(=O)NC(C(=O)N1CC(NC(=O)C(O)CC(=O)NC2CC(C(O)NC3CCCc4ccccc43)N(C(=O)C(NC(=O)C(C)NC)C(C)(C)C)C2)CC1C(=O)NC1CCCc2ccccc21)C(C)(C)C. The summed E-state index contributed by atoms with van der Waals surface area (Å²) in [7, 11) is 3.26. The first-order chi connectivity index (χ1) is 34.0. The lowest BCUT2D eigenvalue weighted by Crippen LogP contribution is -2.60. The van der Waals surface area contributed by atoms with E-state index in [1.165, 1.54) is 15.4 Å².